The Labute approximate surface area is 219 Å². The van der Waals surface area contributed by atoms with Crippen LogP contribution in [0.15, 0.2) is 35.3 Å². The van der Waals surface area contributed by atoms with E-state index in [1.807, 2.05) is 23.1 Å². The van der Waals surface area contributed by atoms with Gasteiger partial charge in [-0.05, 0) is 18.4 Å². The number of aliphatic imine (C=N–C) groups is 1. The average molecular weight is 528 g/mol. The van der Waals surface area contributed by atoms with Crippen LogP contribution in [0.4, 0.5) is 11.6 Å². The summed E-state index contributed by atoms with van der Waals surface area (Å²) < 4.78 is 5.85. The molecule has 12 nitrogen and oxygen atoms in total. The lowest BCUT2D eigenvalue weighted by Gasteiger charge is -2.41. The van der Waals surface area contributed by atoms with E-state index in [-0.39, 0.29) is 33.9 Å². The summed E-state index contributed by atoms with van der Waals surface area (Å²) in [6.45, 7) is 4.46. The Kier molecular flexibility index (Phi) is 7.13. The van der Waals surface area contributed by atoms with Crippen LogP contribution < -0.4 is 22.1 Å². The summed E-state index contributed by atoms with van der Waals surface area (Å²) in [6, 6.07) is 10.2. The summed E-state index contributed by atoms with van der Waals surface area (Å²) in [6.07, 6.45) is 0.943. The van der Waals surface area contributed by atoms with Crippen LogP contribution in [0.2, 0.25) is 5.15 Å². The van der Waals surface area contributed by atoms with E-state index in [0.29, 0.717) is 51.6 Å². The predicted molar refractivity (Wildman–Crippen MR) is 139 cm³/mol. The number of anilines is 2. The highest BCUT2D eigenvalue weighted by atomic mass is 35.5. The number of hydrogen-bond donors (Lipinski definition) is 4. The first kappa shape index (κ1) is 25.2. The number of rotatable bonds is 4. The summed E-state index contributed by atoms with van der Waals surface area (Å²) in [5.41, 5.74) is 12.1. The zero-order valence-electron chi connectivity index (χ0n) is 20.3. The number of hydrogen-bond acceptors (Lipinski definition) is 8. The number of nitrogens with zero attached hydrogens (tertiary/aromatic N) is 5. The highest BCUT2D eigenvalue weighted by Crippen LogP contribution is 2.26. The number of morpholine rings is 1. The molecular formula is C24H30ClN9O3. The Balaban J connectivity index is 1.15. The van der Waals surface area contributed by atoms with Crippen molar-refractivity contribution in [1.82, 2.24) is 30.4 Å². The summed E-state index contributed by atoms with van der Waals surface area (Å²) in [5, 5.41) is 6.35. The van der Waals surface area contributed by atoms with Crippen LogP contribution in [-0.2, 0) is 16.1 Å². The van der Waals surface area contributed by atoms with E-state index in [0.717, 1.165) is 13.1 Å². The Bertz CT molecular complexity index is 1200. The minimum atomic E-state index is -0.680. The number of likely N-dealkylation sites (tertiary alicyclic amines) is 1. The summed E-state index contributed by atoms with van der Waals surface area (Å²) in [4.78, 5) is 41.7. The molecule has 37 heavy (non-hydrogen) atoms. The van der Waals surface area contributed by atoms with Gasteiger partial charge in [-0.3, -0.25) is 14.5 Å². The Hall–Kier alpha value is -3.48. The molecule has 1 unspecified atom stereocenters. The molecule has 0 saturated carbocycles. The van der Waals surface area contributed by atoms with Gasteiger partial charge in [0.1, 0.15) is 6.10 Å². The van der Waals surface area contributed by atoms with Gasteiger partial charge in [-0.1, -0.05) is 41.9 Å². The molecule has 5 rings (SSSR count). The van der Waals surface area contributed by atoms with Gasteiger partial charge < -0.3 is 31.7 Å². The third kappa shape index (κ3) is 5.60. The van der Waals surface area contributed by atoms with Crippen molar-refractivity contribution in [3.8, 4) is 0 Å². The minimum absolute atomic E-state index is 0.0249. The van der Waals surface area contributed by atoms with Gasteiger partial charge in [0, 0.05) is 39.3 Å². The first-order valence-corrected chi connectivity index (χ1v) is 12.6. The number of halogens is 1. The molecule has 0 aliphatic carbocycles. The van der Waals surface area contributed by atoms with Gasteiger partial charge in [0.25, 0.3) is 5.91 Å². The monoisotopic (exact) mass is 527 g/mol. The van der Waals surface area contributed by atoms with Crippen molar-refractivity contribution in [2.75, 3.05) is 50.8 Å². The second kappa shape index (κ2) is 10.5. The normalized spacial score (nSPS) is 22.6. The van der Waals surface area contributed by atoms with Crippen molar-refractivity contribution >= 4 is 41.0 Å². The van der Waals surface area contributed by atoms with Gasteiger partial charge in [0.2, 0.25) is 0 Å². The van der Waals surface area contributed by atoms with E-state index in [1.54, 1.807) is 0 Å². The van der Waals surface area contributed by atoms with E-state index in [2.05, 4.69) is 42.6 Å². The zero-order chi connectivity index (χ0) is 26.0. The largest absolute Gasteiger partial charge is 0.382 e. The number of nitrogens with two attached hydrogens (primary N) is 2. The quantitative estimate of drug-likeness (QED) is 0.433. The first-order chi connectivity index (χ1) is 17.8. The van der Waals surface area contributed by atoms with Crippen LogP contribution in [0.3, 0.4) is 0 Å². The average Bonchev–Trinajstić information content (AvgIpc) is 3.28. The van der Waals surface area contributed by atoms with Gasteiger partial charge in [-0.2, -0.15) is 4.99 Å². The van der Waals surface area contributed by atoms with E-state index in [4.69, 9.17) is 27.8 Å². The fraction of sp³-hybridized carbons (Fsp3) is 0.458. The molecule has 3 fully saturated rings. The number of amides is 2. The fourth-order valence-corrected chi connectivity index (χ4v) is 5.04. The first-order valence-electron chi connectivity index (χ1n) is 12.2. The maximum Gasteiger partial charge on any atom is 0.302 e. The van der Waals surface area contributed by atoms with E-state index in [1.165, 1.54) is 5.56 Å². The lowest BCUT2D eigenvalue weighted by Crippen LogP contribution is -2.57. The topological polar surface area (TPSA) is 164 Å². The molecule has 1 aromatic heterocycles. The molecule has 2 aromatic rings. The Morgan fingerprint density at radius 1 is 1.14 bits per heavy atom. The second-order valence-electron chi connectivity index (χ2n) is 9.56. The number of carbonyl (C=O) groups excluding carboxylic acids is 2. The number of benzene rings is 1. The Morgan fingerprint density at radius 3 is 2.65 bits per heavy atom. The number of ether oxygens (including phenoxy) is 1. The van der Waals surface area contributed by atoms with Crippen molar-refractivity contribution < 1.29 is 14.3 Å². The molecule has 0 radical (unpaired) electrons. The third-order valence-electron chi connectivity index (χ3n) is 7.01. The van der Waals surface area contributed by atoms with Crippen molar-refractivity contribution in [3.63, 3.8) is 0 Å². The molecular weight excluding hydrogens is 498 g/mol. The molecule has 3 aliphatic rings. The Morgan fingerprint density at radius 2 is 1.89 bits per heavy atom. The molecule has 0 bridgehead atoms. The highest BCUT2D eigenvalue weighted by molar-refractivity contribution is 6.31. The third-order valence-corrected chi connectivity index (χ3v) is 7.28. The van der Waals surface area contributed by atoms with Crippen LogP contribution in [0.5, 0.6) is 0 Å². The smallest absolute Gasteiger partial charge is 0.302 e. The second-order valence-corrected chi connectivity index (χ2v) is 9.92. The van der Waals surface area contributed by atoms with Crippen molar-refractivity contribution in [2.24, 2.45) is 4.99 Å². The van der Waals surface area contributed by atoms with E-state index >= 15 is 0 Å². The maximum atomic E-state index is 13.2. The molecule has 3 aliphatic heterocycles. The summed E-state index contributed by atoms with van der Waals surface area (Å²) in [5.74, 6) is -0.518. The lowest BCUT2D eigenvalue weighted by atomic mass is 9.88. The van der Waals surface area contributed by atoms with Crippen LogP contribution in [0, 0.1) is 0 Å². The molecule has 196 valence electrons. The summed E-state index contributed by atoms with van der Waals surface area (Å²) >= 11 is 5.87. The van der Waals surface area contributed by atoms with Crippen LogP contribution >= 0.6 is 11.6 Å². The number of guanidine groups is 1. The molecule has 1 atom stereocenters. The summed E-state index contributed by atoms with van der Waals surface area (Å²) in [7, 11) is 0. The van der Waals surface area contributed by atoms with Crippen molar-refractivity contribution in [3.05, 3.63) is 46.7 Å². The molecule has 6 N–H and O–H groups in total. The van der Waals surface area contributed by atoms with Crippen molar-refractivity contribution in [1.29, 1.82) is 0 Å². The van der Waals surface area contributed by atoms with Gasteiger partial charge in [0.15, 0.2) is 28.4 Å². The fourth-order valence-electron chi connectivity index (χ4n) is 4.91. The van der Waals surface area contributed by atoms with Crippen LogP contribution in [0.25, 0.3) is 0 Å². The van der Waals surface area contributed by atoms with E-state index in [9.17, 15) is 9.59 Å². The number of aromatic nitrogens is 2. The lowest BCUT2D eigenvalue weighted by molar-refractivity contribution is -0.151. The van der Waals surface area contributed by atoms with Gasteiger partial charge in [-0.25, -0.2) is 9.97 Å². The minimum Gasteiger partial charge on any atom is -0.382 e. The highest BCUT2D eigenvalue weighted by Gasteiger charge is 2.42. The molecule has 4 heterocycles. The SMILES string of the molecule is Nc1nc(N)c(C(=O)/N=C2\NCC3(CCN(C(=O)C4CN(Cc5ccccc5)CCO4)CC3)N2)nc1Cl. The molecule has 2 amide bonds. The van der Waals surface area contributed by atoms with Gasteiger partial charge >= 0.3 is 5.91 Å². The van der Waals surface area contributed by atoms with E-state index < -0.39 is 12.0 Å². The zero-order valence-corrected chi connectivity index (χ0v) is 21.1. The van der Waals surface area contributed by atoms with Gasteiger partial charge in [0.05, 0.1) is 12.1 Å². The predicted octanol–water partition coefficient (Wildman–Crippen LogP) is 0.246. The number of carbonyl (C=O) groups is 2. The molecule has 13 heteroatoms. The standard InChI is InChI=1S/C24H30ClN9O3/c25-18-20(27)30-19(26)17(29-18)21(35)31-23-28-14-24(32-23)6-8-34(9-7-24)22(36)16-13-33(10-11-37-16)12-15-4-2-1-3-5-15/h1-5,16H,6-14H2,(H4,26,27,30)(H2,28,31,32,35). The van der Waals surface area contributed by atoms with Crippen molar-refractivity contribution in [2.45, 2.75) is 31.0 Å². The molecule has 3 saturated heterocycles. The van der Waals surface area contributed by atoms with Gasteiger partial charge in [-0.15, -0.1) is 0 Å². The van der Waals surface area contributed by atoms with Crippen LogP contribution in [-0.4, -0.2) is 88.5 Å². The number of piperidine rings is 1. The maximum absolute atomic E-state index is 13.2. The molecule has 1 aromatic carbocycles. The molecule has 1 spiro atoms. The number of nitrogen functional groups attached to an aromatic ring is 2. The number of nitrogens with one attached hydrogen (secondary N) is 2. The van der Waals surface area contributed by atoms with Crippen LogP contribution in [0.1, 0.15) is 28.9 Å².